The Morgan fingerprint density at radius 2 is 1.58 bits per heavy atom. The number of hydrogen-bond acceptors (Lipinski definition) is 3. The Hall–Kier alpha value is -2.18. The predicted octanol–water partition coefficient (Wildman–Crippen LogP) is 5.04. The standard InChI is InChI=1S/C25H34N2O3S/c1-19(20-12-14-22(15-13-20)25(2,3)4)26-24(28)21-10-9-11-23(18-21)31(29,30)27-16-7-5-6-8-17-27/h9-15,18-19H,5-8,16-17H2,1-4H3,(H,26,28)/t19-/m0/s1. The molecule has 0 unspecified atom stereocenters. The fraction of sp³-hybridized carbons (Fsp3) is 0.480. The first-order valence-corrected chi connectivity index (χ1v) is 12.5. The van der Waals surface area contributed by atoms with Crippen LogP contribution in [-0.2, 0) is 15.4 Å². The molecule has 1 aliphatic rings. The molecule has 1 fully saturated rings. The fourth-order valence-corrected chi connectivity index (χ4v) is 5.43. The molecule has 0 bridgehead atoms. The summed E-state index contributed by atoms with van der Waals surface area (Å²) < 4.78 is 27.7. The van der Waals surface area contributed by atoms with Crippen LogP contribution in [0.15, 0.2) is 53.4 Å². The summed E-state index contributed by atoms with van der Waals surface area (Å²) in [7, 11) is -3.59. The minimum absolute atomic E-state index is 0.0737. The summed E-state index contributed by atoms with van der Waals surface area (Å²) in [5.41, 5.74) is 2.68. The van der Waals surface area contributed by atoms with Gasteiger partial charge in [0.2, 0.25) is 10.0 Å². The second kappa shape index (κ2) is 9.53. The zero-order valence-corrected chi connectivity index (χ0v) is 19.8. The van der Waals surface area contributed by atoms with E-state index in [2.05, 4.69) is 38.2 Å². The summed E-state index contributed by atoms with van der Waals surface area (Å²) in [4.78, 5) is 13.0. The van der Waals surface area contributed by atoms with E-state index in [1.54, 1.807) is 22.5 Å². The van der Waals surface area contributed by atoms with Crippen molar-refractivity contribution in [3.63, 3.8) is 0 Å². The SMILES string of the molecule is C[C@H](NC(=O)c1cccc(S(=O)(=O)N2CCCCCC2)c1)c1ccc(C(C)(C)C)cc1. The van der Waals surface area contributed by atoms with Crippen molar-refractivity contribution in [1.29, 1.82) is 0 Å². The summed E-state index contributed by atoms with van der Waals surface area (Å²) in [6.45, 7) is 9.52. The van der Waals surface area contributed by atoms with Gasteiger partial charge in [-0.15, -0.1) is 0 Å². The van der Waals surface area contributed by atoms with E-state index in [0.717, 1.165) is 31.2 Å². The highest BCUT2D eigenvalue weighted by atomic mass is 32.2. The molecule has 31 heavy (non-hydrogen) atoms. The van der Waals surface area contributed by atoms with Gasteiger partial charge in [-0.3, -0.25) is 4.79 Å². The number of nitrogens with one attached hydrogen (secondary N) is 1. The third-order valence-electron chi connectivity index (χ3n) is 5.92. The number of carbonyl (C=O) groups excluding carboxylic acids is 1. The minimum Gasteiger partial charge on any atom is -0.346 e. The Bertz CT molecular complexity index is 1000. The molecule has 0 aliphatic carbocycles. The highest BCUT2D eigenvalue weighted by molar-refractivity contribution is 7.89. The first-order valence-electron chi connectivity index (χ1n) is 11.1. The van der Waals surface area contributed by atoms with Crippen LogP contribution in [0.2, 0.25) is 0 Å². The van der Waals surface area contributed by atoms with Gasteiger partial charge in [-0.05, 0) is 54.5 Å². The molecule has 0 radical (unpaired) electrons. The molecule has 168 valence electrons. The summed E-state index contributed by atoms with van der Waals surface area (Å²) in [5.74, 6) is -0.277. The third-order valence-corrected chi connectivity index (χ3v) is 7.82. The number of benzene rings is 2. The van der Waals surface area contributed by atoms with Crippen LogP contribution in [0, 0.1) is 0 Å². The zero-order chi connectivity index (χ0) is 22.6. The van der Waals surface area contributed by atoms with Gasteiger partial charge in [0.05, 0.1) is 10.9 Å². The number of carbonyl (C=O) groups is 1. The van der Waals surface area contributed by atoms with E-state index in [9.17, 15) is 13.2 Å². The lowest BCUT2D eigenvalue weighted by molar-refractivity contribution is 0.0939. The van der Waals surface area contributed by atoms with Crippen molar-refractivity contribution in [2.45, 2.75) is 69.7 Å². The van der Waals surface area contributed by atoms with Gasteiger partial charge in [0.15, 0.2) is 0 Å². The van der Waals surface area contributed by atoms with Crippen LogP contribution in [0.4, 0.5) is 0 Å². The van der Waals surface area contributed by atoms with Gasteiger partial charge in [0.1, 0.15) is 0 Å². The lowest BCUT2D eigenvalue weighted by Crippen LogP contribution is -2.32. The topological polar surface area (TPSA) is 66.5 Å². The molecule has 0 aromatic heterocycles. The molecule has 1 amide bonds. The van der Waals surface area contributed by atoms with E-state index in [0.29, 0.717) is 18.7 Å². The van der Waals surface area contributed by atoms with Crippen molar-refractivity contribution in [3.05, 3.63) is 65.2 Å². The van der Waals surface area contributed by atoms with Crippen molar-refractivity contribution in [2.24, 2.45) is 0 Å². The molecule has 2 aromatic carbocycles. The summed E-state index contributed by atoms with van der Waals surface area (Å²) in [6, 6.07) is 14.4. The van der Waals surface area contributed by atoms with Gasteiger partial charge >= 0.3 is 0 Å². The van der Waals surface area contributed by atoms with Gasteiger partial charge in [-0.1, -0.05) is 63.9 Å². The summed E-state index contributed by atoms with van der Waals surface area (Å²) in [5, 5.41) is 2.99. The molecule has 1 atom stereocenters. The number of sulfonamides is 1. The number of rotatable bonds is 5. The Morgan fingerprint density at radius 3 is 2.16 bits per heavy atom. The molecule has 1 saturated heterocycles. The van der Waals surface area contributed by atoms with Crippen molar-refractivity contribution in [2.75, 3.05) is 13.1 Å². The van der Waals surface area contributed by atoms with E-state index >= 15 is 0 Å². The van der Waals surface area contributed by atoms with Gasteiger partial charge in [-0.25, -0.2) is 8.42 Å². The second-order valence-corrected chi connectivity index (χ2v) is 11.4. The van der Waals surface area contributed by atoms with Crippen LogP contribution < -0.4 is 5.32 Å². The molecule has 1 heterocycles. The van der Waals surface area contributed by atoms with Crippen LogP contribution >= 0.6 is 0 Å². The Balaban J connectivity index is 1.74. The van der Waals surface area contributed by atoms with Crippen LogP contribution in [0.1, 0.15) is 80.9 Å². The van der Waals surface area contributed by atoms with Crippen molar-refractivity contribution in [3.8, 4) is 0 Å². The highest BCUT2D eigenvalue weighted by Gasteiger charge is 2.26. The average Bonchev–Trinajstić information content (AvgIpc) is 3.03. The Kier molecular flexibility index (Phi) is 7.22. The van der Waals surface area contributed by atoms with Crippen LogP contribution in [0.25, 0.3) is 0 Å². The lowest BCUT2D eigenvalue weighted by atomic mass is 9.86. The van der Waals surface area contributed by atoms with Gasteiger partial charge in [0, 0.05) is 18.7 Å². The minimum atomic E-state index is -3.59. The first kappa shape index (κ1) is 23.5. The summed E-state index contributed by atoms with van der Waals surface area (Å²) >= 11 is 0. The van der Waals surface area contributed by atoms with E-state index < -0.39 is 10.0 Å². The van der Waals surface area contributed by atoms with Gasteiger partial charge in [-0.2, -0.15) is 4.31 Å². The maximum absolute atomic E-state index is 13.1. The van der Waals surface area contributed by atoms with Crippen molar-refractivity contribution < 1.29 is 13.2 Å². The molecule has 2 aromatic rings. The number of nitrogens with zero attached hydrogens (tertiary/aromatic N) is 1. The molecule has 0 spiro atoms. The van der Waals surface area contributed by atoms with E-state index in [1.165, 1.54) is 11.6 Å². The van der Waals surface area contributed by atoms with E-state index in [4.69, 9.17) is 0 Å². The fourth-order valence-electron chi connectivity index (χ4n) is 3.86. The van der Waals surface area contributed by atoms with Crippen molar-refractivity contribution >= 4 is 15.9 Å². The van der Waals surface area contributed by atoms with Crippen LogP contribution in [0.5, 0.6) is 0 Å². The third kappa shape index (κ3) is 5.74. The lowest BCUT2D eigenvalue weighted by Gasteiger charge is -2.21. The van der Waals surface area contributed by atoms with Crippen LogP contribution in [-0.4, -0.2) is 31.7 Å². The monoisotopic (exact) mass is 442 g/mol. The van der Waals surface area contributed by atoms with E-state index in [-0.39, 0.29) is 22.3 Å². The van der Waals surface area contributed by atoms with Crippen molar-refractivity contribution in [1.82, 2.24) is 9.62 Å². The van der Waals surface area contributed by atoms with Gasteiger partial charge < -0.3 is 5.32 Å². The molecule has 6 heteroatoms. The normalized spacial score (nSPS) is 17.0. The predicted molar refractivity (Wildman–Crippen MR) is 125 cm³/mol. The summed E-state index contributed by atoms with van der Waals surface area (Å²) in [6.07, 6.45) is 3.88. The smallest absolute Gasteiger partial charge is 0.251 e. The van der Waals surface area contributed by atoms with Gasteiger partial charge in [0.25, 0.3) is 5.91 Å². The molecular weight excluding hydrogens is 408 g/mol. The second-order valence-electron chi connectivity index (χ2n) is 9.41. The largest absolute Gasteiger partial charge is 0.346 e. The molecule has 3 rings (SSSR count). The molecule has 5 nitrogen and oxygen atoms in total. The quantitative estimate of drug-likeness (QED) is 0.705. The number of amides is 1. The molecule has 0 saturated carbocycles. The Labute approximate surface area is 186 Å². The maximum atomic E-state index is 13.1. The number of hydrogen-bond donors (Lipinski definition) is 1. The van der Waals surface area contributed by atoms with Crippen LogP contribution in [0.3, 0.4) is 0 Å². The highest BCUT2D eigenvalue weighted by Crippen LogP contribution is 2.25. The average molecular weight is 443 g/mol. The maximum Gasteiger partial charge on any atom is 0.251 e. The van der Waals surface area contributed by atoms with E-state index in [1.807, 2.05) is 19.1 Å². The molecule has 1 aliphatic heterocycles. The Morgan fingerprint density at radius 1 is 0.968 bits per heavy atom. The molecule has 1 N–H and O–H groups in total. The zero-order valence-electron chi connectivity index (χ0n) is 19.0. The molecular formula is C25H34N2O3S. The first-order chi connectivity index (χ1) is 14.6.